The molecule has 2 aromatic rings. The standard InChI is InChI=1S/C14H12ClNO3/c15-12-4-1-10(2-5-12)7-8-16-14(18)11-3-6-13(17)19-9-11/h1-6,9H,7-8H2,(H,16,18). The third-order valence-corrected chi connectivity index (χ3v) is 2.83. The highest BCUT2D eigenvalue weighted by molar-refractivity contribution is 6.30. The van der Waals surface area contributed by atoms with Crippen LogP contribution in [-0.2, 0) is 6.42 Å². The van der Waals surface area contributed by atoms with Crippen LogP contribution < -0.4 is 10.9 Å². The van der Waals surface area contributed by atoms with Crippen LogP contribution in [0.25, 0.3) is 0 Å². The SMILES string of the molecule is O=C(NCCc1ccc(Cl)cc1)c1ccc(=O)oc1. The minimum absolute atomic E-state index is 0.266. The minimum Gasteiger partial charge on any atom is -0.430 e. The maximum Gasteiger partial charge on any atom is 0.335 e. The highest BCUT2D eigenvalue weighted by Gasteiger charge is 2.05. The first-order valence-corrected chi connectivity index (χ1v) is 6.14. The predicted molar refractivity (Wildman–Crippen MR) is 72.5 cm³/mol. The van der Waals surface area contributed by atoms with Crippen molar-refractivity contribution in [1.82, 2.24) is 5.32 Å². The number of hydrogen-bond acceptors (Lipinski definition) is 3. The molecule has 1 aromatic carbocycles. The van der Waals surface area contributed by atoms with Gasteiger partial charge in [-0.05, 0) is 30.2 Å². The summed E-state index contributed by atoms with van der Waals surface area (Å²) in [6.07, 6.45) is 1.86. The Hall–Kier alpha value is -2.07. The fourth-order valence-corrected chi connectivity index (χ4v) is 1.69. The fraction of sp³-hybridized carbons (Fsp3) is 0.143. The Kier molecular flexibility index (Phi) is 4.36. The van der Waals surface area contributed by atoms with Crippen molar-refractivity contribution < 1.29 is 9.21 Å². The van der Waals surface area contributed by atoms with Gasteiger partial charge in [0.2, 0.25) is 0 Å². The van der Waals surface area contributed by atoms with Gasteiger partial charge < -0.3 is 9.73 Å². The van der Waals surface area contributed by atoms with Crippen LogP contribution in [-0.4, -0.2) is 12.5 Å². The van der Waals surface area contributed by atoms with Gasteiger partial charge in [0.25, 0.3) is 5.91 Å². The Balaban J connectivity index is 1.85. The largest absolute Gasteiger partial charge is 0.430 e. The van der Waals surface area contributed by atoms with Gasteiger partial charge in [0.05, 0.1) is 5.56 Å². The maximum absolute atomic E-state index is 11.7. The highest BCUT2D eigenvalue weighted by Crippen LogP contribution is 2.09. The molecule has 4 nitrogen and oxygen atoms in total. The third kappa shape index (κ3) is 3.96. The van der Waals surface area contributed by atoms with E-state index in [0.29, 0.717) is 23.6 Å². The number of amides is 1. The van der Waals surface area contributed by atoms with Gasteiger partial charge in [0.15, 0.2) is 0 Å². The van der Waals surface area contributed by atoms with Crippen LogP contribution in [0.2, 0.25) is 5.02 Å². The Morgan fingerprint density at radius 2 is 1.89 bits per heavy atom. The summed E-state index contributed by atoms with van der Waals surface area (Å²) in [7, 11) is 0. The van der Waals surface area contributed by atoms with Crippen molar-refractivity contribution in [2.24, 2.45) is 0 Å². The van der Waals surface area contributed by atoms with E-state index in [1.807, 2.05) is 24.3 Å². The number of hydrogen-bond donors (Lipinski definition) is 1. The molecule has 1 heterocycles. The molecule has 5 heteroatoms. The number of carbonyl (C=O) groups is 1. The molecule has 0 spiro atoms. The number of halogens is 1. The van der Waals surface area contributed by atoms with Gasteiger partial charge in [-0.2, -0.15) is 0 Å². The van der Waals surface area contributed by atoms with Crippen LogP contribution in [0.3, 0.4) is 0 Å². The molecule has 2 rings (SSSR count). The van der Waals surface area contributed by atoms with Gasteiger partial charge in [-0.25, -0.2) is 4.79 Å². The summed E-state index contributed by atoms with van der Waals surface area (Å²) >= 11 is 5.78. The molecule has 0 aliphatic carbocycles. The lowest BCUT2D eigenvalue weighted by Crippen LogP contribution is -2.25. The molecule has 0 bridgehead atoms. The molecular weight excluding hydrogens is 266 g/mol. The van der Waals surface area contributed by atoms with Crippen LogP contribution in [0.15, 0.2) is 51.9 Å². The molecular formula is C14H12ClNO3. The van der Waals surface area contributed by atoms with Crippen molar-refractivity contribution in [2.75, 3.05) is 6.54 Å². The smallest absolute Gasteiger partial charge is 0.335 e. The van der Waals surface area contributed by atoms with Gasteiger partial charge >= 0.3 is 5.63 Å². The van der Waals surface area contributed by atoms with Gasteiger partial charge in [0.1, 0.15) is 6.26 Å². The first kappa shape index (κ1) is 13.4. The molecule has 98 valence electrons. The van der Waals surface area contributed by atoms with E-state index in [-0.39, 0.29) is 5.91 Å². The van der Waals surface area contributed by atoms with Gasteiger partial charge in [-0.3, -0.25) is 4.79 Å². The summed E-state index contributed by atoms with van der Waals surface area (Å²) in [4.78, 5) is 22.5. The summed E-state index contributed by atoms with van der Waals surface area (Å²) in [5, 5.41) is 3.43. The molecule has 0 radical (unpaired) electrons. The van der Waals surface area contributed by atoms with Crippen LogP contribution in [0.5, 0.6) is 0 Å². The summed E-state index contributed by atoms with van der Waals surface area (Å²) in [5.74, 6) is -0.266. The summed E-state index contributed by atoms with van der Waals surface area (Å²) in [6, 6.07) is 10.1. The predicted octanol–water partition coefficient (Wildman–Crippen LogP) is 2.27. The Bertz CT molecular complexity index is 599. The average molecular weight is 278 g/mol. The van der Waals surface area contributed by atoms with Crippen LogP contribution >= 0.6 is 11.6 Å². The van der Waals surface area contributed by atoms with E-state index in [4.69, 9.17) is 11.6 Å². The lowest BCUT2D eigenvalue weighted by Gasteiger charge is -2.04. The van der Waals surface area contributed by atoms with E-state index < -0.39 is 5.63 Å². The van der Waals surface area contributed by atoms with Gasteiger partial charge in [0, 0.05) is 17.6 Å². The minimum atomic E-state index is -0.474. The van der Waals surface area contributed by atoms with E-state index >= 15 is 0 Å². The fourth-order valence-electron chi connectivity index (χ4n) is 1.56. The van der Waals surface area contributed by atoms with E-state index in [0.717, 1.165) is 11.8 Å². The van der Waals surface area contributed by atoms with Crippen molar-refractivity contribution >= 4 is 17.5 Å². The first-order valence-electron chi connectivity index (χ1n) is 5.76. The molecule has 0 aliphatic heterocycles. The number of rotatable bonds is 4. The molecule has 1 aromatic heterocycles. The molecule has 19 heavy (non-hydrogen) atoms. The van der Waals surface area contributed by atoms with Crippen molar-refractivity contribution in [3.05, 3.63) is 69.2 Å². The van der Waals surface area contributed by atoms with Crippen molar-refractivity contribution in [1.29, 1.82) is 0 Å². The van der Waals surface area contributed by atoms with Crippen LogP contribution in [0.1, 0.15) is 15.9 Å². The topological polar surface area (TPSA) is 59.3 Å². The second-order valence-corrected chi connectivity index (χ2v) is 4.41. The van der Waals surface area contributed by atoms with Crippen LogP contribution in [0.4, 0.5) is 0 Å². The van der Waals surface area contributed by atoms with E-state index in [9.17, 15) is 9.59 Å². The monoisotopic (exact) mass is 277 g/mol. The van der Waals surface area contributed by atoms with Crippen molar-refractivity contribution in [2.45, 2.75) is 6.42 Å². The van der Waals surface area contributed by atoms with Gasteiger partial charge in [-0.1, -0.05) is 23.7 Å². The van der Waals surface area contributed by atoms with E-state index in [1.165, 1.54) is 12.1 Å². The normalized spacial score (nSPS) is 10.2. The van der Waals surface area contributed by atoms with Crippen LogP contribution in [0, 0.1) is 0 Å². The third-order valence-electron chi connectivity index (χ3n) is 2.58. The second-order valence-electron chi connectivity index (χ2n) is 3.98. The summed E-state index contributed by atoms with van der Waals surface area (Å²) < 4.78 is 4.63. The quantitative estimate of drug-likeness (QED) is 0.933. The molecule has 1 amide bonds. The zero-order valence-corrected chi connectivity index (χ0v) is 10.8. The number of benzene rings is 1. The molecule has 0 aliphatic rings. The van der Waals surface area contributed by atoms with E-state index in [1.54, 1.807) is 0 Å². The lowest BCUT2D eigenvalue weighted by atomic mass is 10.1. The summed E-state index contributed by atoms with van der Waals surface area (Å²) in [6.45, 7) is 0.500. The molecule has 1 N–H and O–H groups in total. The van der Waals surface area contributed by atoms with Gasteiger partial charge in [-0.15, -0.1) is 0 Å². The number of nitrogens with one attached hydrogen (secondary N) is 1. The Morgan fingerprint density at radius 3 is 2.53 bits per heavy atom. The average Bonchev–Trinajstić information content (AvgIpc) is 2.41. The molecule has 0 saturated heterocycles. The molecule has 0 saturated carbocycles. The zero-order chi connectivity index (χ0) is 13.7. The molecule has 0 unspecified atom stereocenters. The maximum atomic E-state index is 11.7. The Labute approximate surface area is 115 Å². The molecule has 0 fully saturated rings. The second kappa shape index (κ2) is 6.20. The lowest BCUT2D eigenvalue weighted by molar-refractivity contribution is 0.0951. The van der Waals surface area contributed by atoms with Crippen molar-refractivity contribution in [3.8, 4) is 0 Å². The molecule has 0 atom stereocenters. The first-order chi connectivity index (χ1) is 9.15. The highest BCUT2D eigenvalue weighted by atomic mass is 35.5. The number of carbonyl (C=O) groups excluding carboxylic acids is 1. The van der Waals surface area contributed by atoms with E-state index in [2.05, 4.69) is 9.73 Å². The Morgan fingerprint density at radius 1 is 1.16 bits per heavy atom. The van der Waals surface area contributed by atoms with Crippen molar-refractivity contribution in [3.63, 3.8) is 0 Å². The summed E-state index contributed by atoms with van der Waals surface area (Å²) in [5.41, 5.74) is 0.942. The zero-order valence-electron chi connectivity index (χ0n) is 10.1.